The molecule has 0 aromatic heterocycles. The fourth-order valence-electron chi connectivity index (χ4n) is 4.42. The van der Waals surface area contributed by atoms with Crippen molar-refractivity contribution in [3.05, 3.63) is 64.6 Å². The molecule has 0 amide bonds. The molecule has 1 aliphatic heterocycles. The lowest BCUT2D eigenvalue weighted by molar-refractivity contribution is -0.140. The van der Waals surface area contributed by atoms with Crippen LogP contribution in [0.4, 0.5) is 5.69 Å². The smallest absolute Gasteiger partial charge is 0.325 e. The number of nitrogens with zero attached hydrogens (tertiary/aromatic N) is 2. The SMILES string of the molecule is C[C@@H]1[C@H](c2ccccc2)[C@]1(NS(=O)(=O)N1CCN(c2ccc(Br)cc2)CC1)C(=O)O. The molecule has 9 heteroatoms. The van der Waals surface area contributed by atoms with Gasteiger partial charge in [-0.05, 0) is 35.7 Å². The zero-order valence-electron chi connectivity index (χ0n) is 16.5. The highest BCUT2D eigenvalue weighted by Gasteiger charge is 2.70. The molecule has 1 saturated carbocycles. The van der Waals surface area contributed by atoms with E-state index in [0.717, 1.165) is 15.7 Å². The number of carbonyl (C=O) groups is 1. The highest BCUT2D eigenvalue weighted by atomic mass is 79.9. The van der Waals surface area contributed by atoms with Crippen molar-refractivity contribution >= 4 is 37.8 Å². The predicted octanol–water partition coefficient (Wildman–Crippen LogP) is 2.66. The minimum Gasteiger partial charge on any atom is -0.480 e. The van der Waals surface area contributed by atoms with Crippen LogP contribution >= 0.6 is 15.9 Å². The minimum atomic E-state index is -3.94. The molecule has 1 aliphatic carbocycles. The molecule has 2 aliphatic rings. The molecule has 2 aromatic carbocycles. The van der Waals surface area contributed by atoms with E-state index in [0.29, 0.717) is 26.2 Å². The molecule has 4 rings (SSSR count). The third-order valence-corrected chi connectivity index (χ3v) is 8.35. The van der Waals surface area contributed by atoms with Crippen LogP contribution in [0, 0.1) is 5.92 Å². The van der Waals surface area contributed by atoms with Crippen LogP contribution in [0.15, 0.2) is 59.1 Å². The molecule has 2 N–H and O–H groups in total. The molecule has 3 atom stereocenters. The summed E-state index contributed by atoms with van der Waals surface area (Å²) in [5.41, 5.74) is 0.351. The van der Waals surface area contributed by atoms with E-state index in [1.165, 1.54) is 4.31 Å². The predicted molar refractivity (Wildman–Crippen MR) is 119 cm³/mol. The van der Waals surface area contributed by atoms with Gasteiger partial charge in [0.2, 0.25) is 0 Å². The summed E-state index contributed by atoms with van der Waals surface area (Å²) < 4.78 is 31.0. The van der Waals surface area contributed by atoms with Gasteiger partial charge in [0.15, 0.2) is 0 Å². The molecule has 0 bridgehead atoms. The highest BCUT2D eigenvalue weighted by molar-refractivity contribution is 9.10. The molecule has 2 aromatic rings. The van der Waals surface area contributed by atoms with Gasteiger partial charge in [-0.1, -0.05) is 53.2 Å². The number of carboxylic acids is 1. The molecule has 1 saturated heterocycles. The fourth-order valence-corrected chi connectivity index (χ4v) is 6.28. The van der Waals surface area contributed by atoms with Gasteiger partial charge in [0.05, 0.1) is 0 Å². The van der Waals surface area contributed by atoms with Crippen molar-refractivity contribution in [2.75, 3.05) is 31.1 Å². The molecular formula is C21H24BrN3O4S. The molecule has 0 unspecified atom stereocenters. The lowest BCUT2D eigenvalue weighted by Gasteiger charge is -2.36. The van der Waals surface area contributed by atoms with Crippen LogP contribution < -0.4 is 9.62 Å². The number of halogens is 1. The Labute approximate surface area is 185 Å². The van der Waals surface area contributed by atoms with Crippen molar-refractivity contribution < 1.29 is 18.3 Å². The van der Waals surface area contributed by atoms with Crippen molar-refractivity contribution in [3.8, 4) is 0 Å². The number of anilines is 1. The molecule has 2 fully saturated rings. The van der Waals surface area contributed by atoms with E-state index in [9.17, 15) is 18.3 Å². The summed E-state index contributed by atoms with van der Waals surface area (Å²) in [6.07, 6.45) is 0. The number of hydrogen-bond donors (Lipinski definition) is 2. The molecule has 160 valence electrons. The van der Waals surface area contributed by atoms with Crippen molar-refractivity contribution in [2.24, 2.45) is 5.92 Å². The second-order valence-electron chi connectivity index (χ2n) is 7.82. The van der Waals surface area contributed by atoms with Crippen LogP contribution in [0.2, 0.25) is 0 Å². The molecule has 30 heavy (non-hydrogen) atoms. The lowest BCUT2D eigenvalue weighted by atomic mass is 10.1. The number of benzene rings is 2. The Bertz CT molecular complexity index is 1020. The molecule has 0 radical (unpaired) electrons. The van der Waals surface area contributed by atoms with Gasteiger partial charge in [-0.3, -0.25) is 4.79 Å². The fraction of sp³-hybridized carbons (Fsp3) is 0.381. The quantitative estimate of drug-likeness (QED) is 0.645. The number of hydrogen-bond acceptors (Lipinski definition) is 4. The lowest BCUT2D eigenvalue weighted by Crippen LogP contribution is -2.56. The summed E-state index contributed by atoms with van der Waals surface area (Å²) in [7, 11) is -3.94. The van der Waals surface area contributed by atoms with Gasteiger partial charge in [-0.2, -0.15) is 17.4 Å². The van der Waals surface area contributed by atoms with E-state index in [1.807, 2.05) is 54.6 Å². The first-order chi connectivity index (χ1) is 14.3. The number of nitrogens with one attached hydrogen (secondary N) is 1. The number of piperazine rings is 1. The Morgan fingerprint density at radius 1 is 1.07 bits per heavy atom. The normalized spacial score (nSPS) is 27.1. The van der Waals surface area contributed by atoms with Crippen LogP contribution in [0.3, 0.4) is 0 Å². The summed E-state index contributed by atoms with van der Waals surface area (Å²) >= 11 is 3.41. The summed E-state index contributed by atoms with van der Waals surface area (Å²) in [5.74, 6) is -1.87. The second-order valence-corrected chi connectivity index (χ2v) is 10.4. The van der Waals surface area contributed by atoms with Crippen LogP contribution in [0.5, 0.6) is 0 Å². The summed E-state index contributed by atoms with van der Waals surface area (Å²) in [6.45, 7) is 3.46. The van der Waals surface area contributed by atoms with Crippen LogP contribution in [-0.4, -0.2) is 55.5 Å². The summed E-state index contributed by atoms with van der Waals surface area (Å²) in [4.78, 5) is 14.3. The Kier molecular flexibility index (Phi) is 5.65. The van der Waals surface area contributed by atoms with Gasteiger partial charge in [0.1, 0.15) is 5.54 Å². The van der Waals surface area contributed by atoms with Crippen LogP contribution in [-0.2, 0) is 15.0 Å². The van der Waals surface area contributed by atoms with Gasteiger partial charge in [0, 0.05) is 42.3 Å². The molecule has 0 spiro atoms. The van der Waals surface area contributed by atoms with Crippen molar-refractivity contribution in [2.45, 2.75) is 18.4 Å². The summed E-state index contributed by atoms with van der Waals surface area (Å²) in [6, 6.07) is 17.1. The molecule has 1 heterocycles. The molecule has 7 nitrogen and oxygen atoms in total. The number of rotatable bonds is 6. The van der Waals surface area contributed by atoms with Gasteiger partial charge < -0.3 is 10.0 Å². The topological polar surface area (TPSA) is 90.0 Å². The monoisotopic (exact) mass is 493 g/mol. The Balaban J connectivity index is 1.47. The Morgan fingerprint density at radius 3 is 2.23 bits per heavy atom. The standard InChI is InChI=1S/C21H24BrN3O4S/c1-15-19(16-5-3-2-4-6-16)21(15,20(26)27)23-30(28,29)25-13-11-24(12-14-25)18-9-7-17(22)8-10-18/h2-10,15,19,23H,11-14H2,1H3,(H,26,27)/t15-,19-,21+/m1/s1. The number of carboxylic acid groups (broad SMARTS) is 1. The van der Waals surface area contributed by atoms with E-state index in [4.69, 9.17) is 0 Å². The summed E-state index contributed by atoms with van der Waals surface area (Å²) in [5, 5.41) is 9.92. The van der Waals surface area contributed by atoms with E-state index >= 15 is 0 Å². The van der Waals surface area contributed by atoms with Gasteiger partial charge >= 0.3 is 5.97 Å². The first-order valence-corrected chi connectivity index (χ1v) is 12.1. The van der Waals surface area contributed by atoms with Crippen molar-refractivity contribution in [1.29, 1.82) is 0 Å². The van der Waals surface area contributed by atoms with Crippen LogP contribution in [0.1, 0.15) is 18.4 Å². The van der Waals surface area contributed by atoms with E-state index in [1.54, 1.807) is 6.92 Å². The maximum Gasteiger partial charge on any atom is 0.325 e. The third kappa shape index (κ3) is 3.75. The average molecular weight is 494 g/mol. The second kappa shape index (κ2) is 7.96. The van der Waals surface area contributed by atoms with Gasteiger partial charge in [-0.15, -0.1) is 0 Å². The highest BCUT2D eigenvalue weighted by Crippen LogP contribution is 2.57. The van der Waals surface area contributed by atoms with Gasteiger partial charge in [-0.25, -0.2) is 0 Å². The van der Waals surface area contributed by atoms with E-state index in [2.05, 4.69) is 25.6 Å². The van der Waals surface area contributed by atoms with Gasteiger partial charge in [0.25, 0.3) is 10.2 Å². The Hall–Kier alpha value is -1.94. The van der Waals surface area contributed by atoms with E-state index in [-0.39, 0.29) is 5.92 Å². The zero-order valence-corrected chi connectivity index (χ0v) is 18.9. The Morgan fingerprint density at radius 2 is 1.67 bits per heavy atom. The maximum absolute atomic E-state index is 13.1. The number of aliphatic carboxylic acids is 1. The molecular weight excluding hydrogens is 470 g/mol. The zero-order chi connectivity index (χ0) is 21.5. The average Bonchev–Trinajstić information content (AvgIpc) is 3.33. The first-order valence-electron chi connectivity index (χ1n) is 9.83. The van der Waals surface area contributed by atoms with Crippen molar-refractivity contribution in [1.82, 2.24) is 9.03 Å². The largest absolute Gasteiger partial charge is 0.480 e. The van der Waals surface area contributed by atoms with E-state index < -0.39 is 27.6 Å². The minimum absolute atomic E-state index is 0.297. The first kappa shape index (κ1) is 21.3. The third-order valence-electron chi connectivity index (χ3n) is 6.18. The van der Waals surface area contributed by atoms with Crippen LogP contribution in [0.25, 0.3) is 0 Å². The maximum atomic E-state index is 13.1. The van der Waals surface area contributed by atoms with Crippen molar-refractivity contribution in [3.63, 3.8) is 0 Å².